The first-order valence-electron chi connectivity index (χ1n) is 10.4. The Morgan fingerprint density at radius 1 is 1.06 bits per heavy atom. The number of hydrogen-bond acceptors (Lipinski definition) is 6. The summed E-state index contributed by atoms with van der Waals surface area (Å²) >= 11 is 7.79. The van der Waals surface area contributed by atoms with Crippen LogP contribution in [0.5, 0.6) is 5.75 Å². The Morgan fingerprint density at radius 2 is 1.84 bits per heavy atom. The van der Waals surface area contributed by atoms with Gasteiger partial charge in [-0.2, -0.15) is 0 Å². The molecule has 3 heterocycles. The maximum absolute atomic E-state index is 13.4. The summed E-state index contributed by atoms with van der Waals surface area (Å²) in [5, 5.41) is 3.83. The topological polar surface area (TPSA) is 41.5 Å². The van der Waals surface area contributed by atoms with Crippen LogP contribution >= 0.6 is 22.9 Å². The highest BCUT2D eigenvalue weighted by molar-refractivity contribution is 7.17. The van der Waals surface area contributed by atoms with Gasteiger partial charge in [-0.15, -0.1) is 11.3 Å². The zero-order valence-corrected chi connectivity index (χ0v) is 19.2. The van der Waals surface area contributed by atoms with Gasteiger partial charge >= 0.3 is 0 Å². The van der Waals surface area contributed by atoms with Crippen molar-refractivity contribution in [1.29, 1.82) is 0 Å². The van der Waals surface area contributed by atoms with Gasteiger partial charge in [-0.3, -0.25) is 4.90 Å². The molecule has 4 aromatic rings. The first kappa shape index (κ1) is 21.1. The number of hydrogen-bond donors (Lipinski definition) is 0. The predicted octanol–water partition coefficient (Wildman–Crippen LogP) is 5.48. The lowest BCUT2D eigenvalue weighted by Gasteiger charge is -2.36. The zero-order valence-electron chi connectivity index (χ0n) is 17.6. The number of rotatable bonds is 5. The number of benzene rings is 2. The third kappa shape index (κ3) is 4.16. The molecule has 0 saturated carbocycles. The van der Waals surface area contributed by atoms with E-state index in [1.54, 1.807) is 24.8 Å². The molecular formula is C24H22ClFN4OS. The second-order valence-electron chi connectivity index (χ2n) is 7.75. The van der Waals surface area contributed by atoms with Gasteiger partial charge in [0.05, 0.1) is 12.5 Å². The molecule has 2 aromatic heterocycles. The Hall–Kier alpha value is -2.74. The molecule has 8 heteroatoms. The van der Waals surface area contributed by atoms with E-state index in [-0.39, 0.29) is 5.82 Å². The average molecular weight is 469 g/mol. The van der Waals surface area contributed by atoms with Crippen molar-refractivity contribution in [3.63, 3.8) is 0 Å². The Balaban J connectivity index is 1.37. The molecule has 5 rings (SSSR count). The first-order valence-corrected chi connectivity index (χ1v) is 11.7. The summed E-state index contributed by atoms with van der Waals surface area (Å²) in [5.41, 5.74) is 3.11. The molecule has 0 N–H and O–H groups in total. The van der Waals surface area contributed by atoms with Gasteiger partial charge in [0, 0.05) is 54.3 Å². The van der Waals surface area contributed by atoms with Crippen molar-refractivity contribution in [3.05, 3.63) is 70.6 Å². The molecule has 1 fully saturated rings. The van der Waals surface area contributed by atoms with Crippen molar-refractivity contribution in [2.45, 2.75) is 6.54 Å². The van der Waals surface area contributed by atoms with Crippen molar-refractivity contribution in [3.8, 4) is 16.9 Å². The number of ether oxygens (including phenoxy) is 1. The molecule has 0 atom stereocenters. The summed E-state index contributed by atoms with van der Waals surface area (Å²) in [7, 11) is 1.69. The summed E-state index contributed by atoms with van der Waals surface area (Å²) < 4.78 is 18.9. The van der Waals surface area contributed by atoms with E-state index in [0.29, 0.717) is 5.02 Å². The van der Waals surface area contributed by atoms with Gasteiger partial charge in [0.15, 0.2) is 0 Å². The Morgan fingerprint density at radius 3 is 2.59 bits per heavy atom. The largest absolute Gasteiger partial charge is 0.496 e. The number of piperazine rings is 1. The summed E-state index contributed by atoms with van der Waals surface area (Å²) in [6.45, 7) is 4.30. The average Bonchev–Trinajstić information content (AvgIpc) is 3.25. The highest BCUT2D eigenvalue weighted by atomic mass is 35.5. The number of anilines is 1. The highest BCUT2D eigenvalue weighted by Gasteiger charge is 2.23. The van der Waals surface area contributed by atoms with E-state index in [1.807, 2.05) is 30.3 Å². The summed E-state index contributed by atoms with van der Waals surface area (Å²) in [5.74, 6) is 1.56. The minimum absolute atomic E-state index is 0.239. The van der Waals surface area contributed by atoms with Gasteiger partial charge in [-0.05, 0) is 35.9 Å². The third-order valence-electron chi connectivity index (χ3n) is 5.81. The van der Waals surface area contributed by atoms with Crippen LogP contribution < -0.4 is 9.64 Å². The molecule has 0 radical (unpaired) electrons. The van der Waals surface area contributed by atoms with E-state index in [9.17, 15) is 4.39 Å². The van der Waals surface area contributed by atoms with Crippen LogP contribution in [0.25, 0.3) is 21.3 Å². The molecule has 1 aliphatic heterocycles. The second kappa shape index (κ2) is 9.02. The number of methoxy groups -OCH3 is 1. The monoisotopic (exact) mass is 468 g/mol. The normalized spacial score (nSPS) is 14.8. The van der Waals surface area contributed by atoms with Crippen LogP contribution in [-0.4, -0.2) is 48.2 Å². The third-order valence-corrected chi connectivity index (χ3v) is 6.94. The Bertz CT molecular complexity index is 1240. The van der Waals surface area contributed by atoms with Gasteiger partial charge in [0.25, 0.3) is 0 Å². The fourth-order valence-corrected chi connectivity index (χ4v) is 5.28. The number of fused-ring (bicyclic) bond motifs is 1. The predicted molar refractivity (Wildman–Crippen MR) is 128 cm³/mol. The Labute approximate surface area is 195 Å². The molecule has 0 spiro atoms. The van der Waals surface area contributed by atoms with Gasteiger partial charge < -0.3 is 9.64 Å². The van der Waals surface area contributed by atoms with Crippen LogP contribution in [0.15, 0.2) is 54.2 Å². The minimum Gasteiger partial charge on any atom is -0.496 e. The number of halogens is 2. The molecule has 0 bridgehead atoms. The molecule has 0 unspecified atom stereocenters. The fourth-order valence-electron chi connectivity index (χ4n) is 4.17. The summed E-state index contributed by atoms with van der Waals surface area (Å²) in [6, 6.07) is 12.3. The van der Waals surface area contributed by atoms with E-state index in [4.69, 9.17) is 16.3 Å². The van der Waals surface area contributed by atoms with E-state index >= 15 is 0 Å². The lowest BCUT2D eigenvalue weighted by molar-refractivity contribution is 0.246. The van der Waals surface area contributed by atoms with Crippen molar-refractivity contribution in [2.24, 2.45) is 0 Å². The van der Waals surface area contributed by atoms with Crippen LogP contribution in [0.3, 0.4) is 0 Å². The van der Waals surface area contributed by atoms with Gasteiger partial charge in [-0.1, -0.05) is 23.7 Å². The van der Waals surface area contributed by atoms with Crippen LogP contribution in [0.1, 0.15) is 5.56 Å². The fraction of sp³-hybridized carbons (Fsp3) is 0.250. The molecule has 5 nitrogen and oxygen atoms in total. The quantitative estimate of drug-likeness (QED) is 0.388. The lowest BCUT2D eigenvalue weighted by atomic mass is 10.1. The van der Waals surface area contributed by atoms with Gasteiger partial charge in [-0.25, -0.2) is 14.4 Å². The van der Waals surface area contributed by atoms with E-state index in [0.717, 1.165) is 71.2 Å². The van der Waals surface area contributed by atoms with Crippen LogP contribution in [0, 0.1) is 5.82 Å². The molecule has 2 aromatic carbocycles. The van der Waals surface area contributed by atoms with Crippen LogP contribution in [-0.2, 0) is 6.54 Å². The van der Waals surface area contributed by atoms with E-state index in [2.05, 4.69) is 25.1 Å². The molecule has 1 aliphatic rings. The van der Waals surface area contributed by atoms with Crippen molar-refractivity contribution in [1.82, 2.24) is 14.9 Å². The SMILES string of the molecule is COc1ccc(Cl)cc1CN1CCN(c2ncnc3scc(-c4ccc(F)cc4)c23)CC1. The number of aromatic nitrogens is 2. The maximum atomic E-state index is 13.4. The molecule has 1 saturated heterocycles. The van der Waals surface area contributed by atoms with Crippen LogP contribution in [0.2, 0.25) is 5.02 Å². The molecule has 0 amide bonds. The smallest absolute Gasteiger partial charge is 0.141 e. The van der Waals surface area contributed by atoms with Crippen LogP contribution in [0.4, 0.5) is 10.2 Å². The summed E-state index contributed by atoms with van der Waals surface area (Å²) in [6.07, 6.45) is 1.63. The van der Waals surface area contributed by atoms with Crippen molar-refractivity contribution >= 4 is 39.0 Å². The zero-order chi connectivity index (χ0) is 22.1. The molecular weight excluding hydrogens is 447 g/mol. The number of thiophene rings is 1. The highest BCUT2D eigenvalue weighted by Crippen LogP contribution is 2.38. The minimum atomic E-state index is -0.239. The van der Waals surface area contributed by atoms with Crippen molar-refractivity contribution < 1.29 is 9.13 Å². The lowest BCUT2D eigenvalue weighted by Crippen LogP contribution is -2.46. The Kier molecular flexibility index (Phi) is 5.95. The van der Waals surface area contributed by atoms with E-state index < -0.39 is 0 Å². The first-order chi connectivity index (χ1) is 15.6. The molecule has 0 aliphatic carbocycles. The molecule has 32 heavy (non-hydrogen) atoms. The van der Waals surface area contributed by atoms with Gasteiger partial charge in [0.1, 0.15) is 28.5 Å². The summed E-state index contributed by atoms with van der Waals surface area (Å²) in [4.78, 5) is 14.8. The molecule has 164 valence electrons. The van der Waals surface area contributed by atoms with Gasteiger partial charge in [0.2, 0.25) is 0 Å². The van der Waals surface area contributed by atoms with E-state index in [1.165, 1.54) is 12.1 Å². The number of nitrogens with zero attached hydrogens (tertiary/aromatic N) is 4. The standard InChI is InChI=1S/C24H22ClFN4OS/c1-31-21-7-4-18(25)12-17(21)13-29-8-10-30(11-9-29)23-22-20(14-32-24(22)28-15-27-23)16-2-5-19(26)6-3-16/h2-7,12,14-15H,8-11,13H2,1H3. The second-order valence-corrected chi connectivity index (χ2v) is 9.05. The van der Waals surface area contributed by atoms with Crippen molar-refractivity contribution in [2.75, 3.05) is 38.2 Å². The maximum Gasteiger partial charge on any atom is 0.141 e.